The Morgan fingerprint density at radius 1 is 1.45 bits per heavy atom. The smallest absolute Gasteiger partial charge is 0.409 e. The molecule has 0 spiro atoms. The molecule has 0 aliphatic heterocycles. The molecule has 2 aromatic rings. The van der Waals surface area contributed by atoms with Gasteiger partial charge < -0.3 is 9.64 Å². The zero-order chi connectivity index (χ0) is 15.8. The maximum atomic E-state index is 11.9. The van der Waals surface area contributed by atoms with Crippen LogP contribution in [0.4, 0.5) is 4.79 Å². The highest BCUT2D eigenvalue weighted by molar-refractivity contribution is 7.08. The van der Waals surface area contributed by atoms with E-state index in [-0.39, 0.29) is 6.09 Å². The number of rotatable bonds is 6. The number of amides is 1. The summed E-state index contributed by atoms with van der Waals surface area (Å²) in [5.41, 5.74) is 2.70. The number of ether oxygens (including phenoxy) is 1. The predicted molar refractivity (Wildman–Crippen MR) is 84.7 cm³/mol. The molecule has 22 heavy (non-hydrogen) atoms. The zero-order valence-electron chi connectivity index (χ0n) is 12.4. The van der Waals surface area contributed by atoms with Gasteiger partial charge in [0.25, 0.3) is 0 Å². The number of carbonyl (C=O) groups is 1. The number of nitriles is 1. The largest absolute Gasteiger partial charge is 0.449 e. The van der Waals surface area contributed by atoms with Crippen molar-refractivity contribution in [3.63, 3.8) is 0 Å². The fourth-order valence-corrected chi connectivity index (χ4v) is 2.72. The average Bonchev–Trinajstić information content (AvgIpc) is 3.01. The molecule has 0 unspecified atom stereocenters. The standard InChI is InChI=1S/C16H17N3O2S/c1-19(7-4-14-11-22-12-15(14)9-17)16(20)21-8-5-13-3-2-6-18-10-13/h2-3,6,10-12H,4-5,7-8H2,1H3. The van der Waals surface area contributed by atoms with Crippen LogP contribution in [0.5, 0.6) is 0 Å². The van der Waals surface area contributed by atoms with E-state index in [1.165, 1.54) is 16.2 Å². The summed E-state index contributed by atoms with van der Waals surface area (Å²) in [5, 5.41) is 12.7. The van der Waals surface area contributed by atoms with Gasteiger partial charge in [-0.25, -0.2) is 4.79 Å². The van der Waals surface area contributed by atoms with E-state index in [9.17, 15) is 4.79 Å². The monoisotopic (exact) mass is 315 g/mol. The number of likely N-dealkylation sites (N-methyl/N-ethyl adjacent to an activating group) is 1. The number of carbonyl (C=O) groups excluding carboxylic acids is 1. The third-order valence-electron chi connectivity index (χ3n) is 3.23. The Morgan fingerprint density at radius 2 is 2.32 bits per heavy atom. The SMILES string of the molecule is CN(CCc1cscc1C#N)C(=O)OCCc1cccnc1. The number of hydrogen-bond acceptors (Lipinski definition) is 5. The van der Waals surface area contributed by atoms with Crippen molar-refractivity contribution in [2.24, 2.45) is 0 Å². The first-order valence-corrected chi connectivity index (χ1v) is 7.87. The van der Waals surface area contributed by atoms with Crippen LogP contribution >= 0.6 is 11.3 Å². The summed E-state index contributed by atoms with van der Waals surface area (Å²) < 4.78 is 5.23. The van der Waals surface area contributed by atoms with E-state index < -0.39 is 0 Å². The summed E-state index contributed by atoms with van der Waals surface area (Å²) in [5.74, 6) is 0. The van der Waals surface area contributed by atoms with Crippen molar-refractivity contribution in [3.8, 4) is 6.07 Å². The molecule has 0 aromatic carbocycles. The first-order valence-electron chi connectivity index (χ1n) is 6.92. The number of aromatic nitrogens is 1. The molecule has 2 aromatic heterocycles. The van der Waals surface area contributed by atoms with E-state index in [4.69, 9.17) is 10.00 Å². The molecule has 0 fully saturated rings. The van der Waals surface area contributed by atoms with Gasteiger partial charge in [0.2, 0.25) is 0 Å². The third kappa shape index (κ3) is 4.57. The molecule has 6 heteroatoms. The molecule has 0 radical (unpaired) electrons. The van der Waals surface area contributed by atoms with Crippen molar-refractivity contribution in [1.82, 2.24) is 9.88 Å². The van der Waals surface area contributed by atoms with Crippen LogP contribution in [-0.2, 0) is 17.6 Å². The first kappa shape index (κ1) is 16.0. The molecule has 114 valence electrons. The Kier molecular flexibility index (Phi) is 5.92. The van der Waals surface area contributed by atoms with Gasteiger partial charge in [-0.05, 0) is 29.0 Å². The summed E-state index contributed by atoms with van der Waals surface area (Å²) in [7, 11) is 1.70. The molecular formula is C16H17N3O2S. The van der Waals surface area contributed by atoms with Crippen LogP contribution in [0.15, 0.2) is 35.3 Å². The van der Waals surface area contributed by atoms with Crippen LogP contribution in [-0.4, -0.2) is 36.2 Å². The fourth-order valence-electron chi connectivity index (χ4n) is 1.91. The van der Waals surface area contributed by atoms with Gasteiger partial charge >= 0.3 is 6.09 Å². The molecule has 2 rings (SSSR count). The summed E-state index contributed by atoms with van der Waals surface area (Å²) in [4.78, 5) is 17.4. The maximum Gasteiger partial charge on any atom is 0.409 e. The van der Waals surface area contributed by atoms with Crippen LogP contribution in [0.1, 0.15) is 16.7 Å². The van der Waals surface area contributed by atoms with Crippen LogP contribution in [0.3, 0.4) is 0 Å². The topological polar surface area (TPSA) is 66.2 Å². The summed E-state index contributed by atoms with van der Waals surface area (Å²) in [6.45, 7) is 0.855. The molecule has 0 saturated carbocycles. The lowest BCUT2D eigenvalue weighted by atomic mass is 10.1. The van der Waals surface area contributed by atoms with Gasteiger partial charge in [0.1, 0.15) is 6.07 Å². The van der Waals surface area contributed by atoms with Crippen molar-refractivity contribution >= 4 is 17.4 Å². The lowest BCUT2D eigenvalue weighted by molar-refractivity contribution is 0.112. The third-order valence-corrected chi connectivity index (χ3v) is 4.02. The van der Waals surface area contributed by atoms with E-state index in [1.807, 2.05) is 22.9 Å². The van der Waals surface area contributed by atoms with Crippen molar-refractivity contribution in [2.45, 2.75) is 12.8 Å². The lowest BCUT2D eigenvalue weighted by Crippen LogP contribution is -2.30. The molecule has 0 aliphatic rings. The first-order chi connectivity index (χ1) is 10.7. The summed E-state index contributed by atoms with van der Waals surface area (Å²) >= 11 is 1.50. The number of pyridine rings is 1. The Bertz CT molecular complexity index is 649. The van der Waals surface area contributed by atoms with Crippen molar-refractivity contribution in [3.05, 3.63) is 52.0 Å². The van der Waals surface area contributed by atoms with Crippen LogP contribution in [0, 0.1) is 11.3 Å². The fraction of sp³-hybridized carbons (Fsp3) is 0.312. The normalized spacial score (nSPS) is 10.0. The van der Waals surface area contributed by atoms with Gasteiger partial charge in [-0.2, -0.15) is 16.6 Å². The summed E-state index contributed by atoms with van der Waals surface area (Å²) in [6.07, 6.45) is 4.43. The Labute approximate surface area is 133 Å². The molecule has 1 amide bonds. The second-order valence-corrected chi connectivity index (χ2v) is 5.56. The zero-order valence-corrected chi connectivity index (χ0v) is 13.2. The van der Waals surface area contributed by atoms with Crippen molar-refractivity contribution in [2.75, 3.05) is 20.2 Å². The predicted octanol–water partition coefficient (Wildman–Crippen LogP) is 2.87. The van der Waals surface area contributed by atoms with E-state index in [1.54, 1.807) is 19.4 Å². The maximum absolute atomic E-state index is 11.9. The molecule has 0 saturated heterocycles. The van der Waals surface area contributed by atoms with Crippen molar-refractivity contribution < 1.29 is 9.53 Å². The van der Waals surface area contributed by atoms with Crippen molar-refractivity contribution in [1.29, 1.82) is 5.26 Å². The van der Waals surface area contributed by atoms with Gasteiger partial charge in [-0.3, -0.25) is 4.98 Å². The molecule has 5 nitrogen and oxygen atoms in total. The highest BCUT2D eigenvalue weighted by Gasteiger charge is 2.11. The van der Waals surface area contributed by atoms with Crippen LogP contribution in [0.25, 0.3) is 0 Å². The minimum absolute atomic E-state index is 0.330. The van der Waals surface area contributed by atoms with E-state index in [0.717, 1.165) is 11.1 Å². The Morgan fingerprint density at radius 3 is 3.05 bits per heavy atom. The number of thiophene rings is 1. The minimum atomic E-state index is -0.349. The van der Waals surface area contributed by atoms with Gasteiger partial charge in [-0.1, -0.05) is 6.07 Å². The number of hydrogen-bond donors (Lipinski definition) is 0. The van der Waals surface area contributed by atoms with Crippen LogP contribution < -0.4 is 0 Å². The molecule has 2 heterocycles. The molecule has 0 aliphatic carbocycles. The average molecular weight is 315 g/mol. The second kappa shape index (κ2) is 8.15. The van der Waals surface area contributed by atoms with Gasteiger partial charge in [-0.15, -0.1) is 0 Å². The highest BCUT2D eigenvalue weighted by Crippen LogP contribution is 2.14. The van der Waals surface area contributed by atoms with Crippen LogP contribution in [0.2, 0.25) is 0 Å². The summed E-state index contributed by atoms with van der Waals surface area (Å²) in [6, 6.07) is 5.96. The van der Waals surface area contributed by atoms with Gasteiger partial charge in [0.05, 0.1) is 12.2 Å². The number of nitrogens with zero attached hydrogens (tertiary/aromatic N) is 3. The lowest BCUT2D eigenvalue weighted by Gasteiger charge is -2.16. The molecule has 0 N–H and O–H groups in total. The quantitative estimate of drug-likeness (QED) is 0.822. The van der Waals surface area contributed by atoms with Gasteiger partial charge in [0, 0.05) is 37.8 Å². The Hall–Kier alpha value is -2.39. The highest BCUT2D eigenvalue weighted by atomic mass is 32.1. The van der Waals surface area contributed by atoms with Gasteiger partial charge in [0.15, 0.2) is 0 Å². The molecule has 0 bridgehead atoms. The van der Waals surface area contributed by atoms with E-state index in [0.29, 0.717) is 31.6 Å². The van der Waals surface area contributed by atoms with E-state index in [2.05, 4.69) is 11.1 Å². The molecular weight excluding hydrogens is 298 g/mol. The Balaban J connectivity index is 1.72. The van der Waals surface area contributed by atoms with E-state index >= 15 is 0 Å². The second-order valence-electron chi connectivity index (χ2n) is 4.82. The minimum Gasteiger partial charge on any atom is -0.449 e. The molecule has 0 atom stereocenters.